The summed E-state index contributed by atoms with van der Waals surface area (Å²) in [5, 5.41) is 12.3. The van der Waals surface area contributed by atoms with Crippen LogP contribution >= 0.6 is 0 Å². The Hall–Kier alpha value is -3.60. The maximum Gasteiger partial charge on any atom is 0.354 e. The summed E-state index contributed by atoms with van der Waals surface area (Å²) in [7, 11) is 0. The monoisotopic (exact) mass is 328 g/mol. The van der Waals surface area contributed by atoms with E-state index in [1.165, 1.54) is 6.07 Å². The quantitative estimate of drug-likeness (QED) is 0.580. The van der Waals surface area contributed by atoms with E-state index in [9.17, 15) is 14.7 Å². The number of carbonyl (C=O) groups excluding carboxylic acids is 1. The van der Waals surface area contributed by atoms with Crippen LogP contribution < -0.4 is 0 Å². The van der Waals surface area contributed by atoms with Crippen LogP contribution in [0.15, 0.2) is 66.9 Å². The lowest BCUT2D eigenvalue weighted by Crippen LogP contribution is -2.11. The van der Waals surface area contributed by atoms with Crippen molar-refractivity contribution < 1.29 is 14.7 Å². The summed E-state index contributed by atoms with van der Waals surface area (Å²) in [6.45, 7) is 0. The molecule has 0 saturated carbocycles. The Morgan fingerprint density at radius 2 is 1.44 bits per heavy atom. The molecule has 0 saturated heterocycles. The van der Waals surface area contributed by atoms with Gasteiger partial charge in [0.15, 0.2) is 0 Å². The van der Waals surface area contributed by atoms with Crippen molar-refractivity contribution in [2.75, 3.05) is 0 Å². The van der Waals surface area contributed by atoms with Crippen LogP contribution in [0, 0.1) is 0 Å². The molecule has 0 amide bonds. The van der Waals surface area contributed by atoms with Crippen LogP contribution in [0.5, 0.6) is 0 Å². The number of hydrogen-bond acceptors (Lipinski definition) is 4. The van der Waals surface area contributed by atoms with Crippen molar-refractivity contribution in [3.05, 3.63) is 83.9 Å². The largest absolute Gasteiger partial charge is 0.477 e. The predicted molar refractivity (Wildman–Crippen MR) is 93.9 cm³/mol. The van der Waals surface area contributed by atoms with Gasteiger partial charge >= 0.3 is 5.97 Å². The third-order valence-corrected chi connectivity index (χ3v) is 4.04. The molecule has 0 radical (unpaired) electrons. The molecule has 0 unspecified atom stereocenters. The first kappa shape index (κ1) is 15.0. The second kappa shape index (κ2) is 5.79. The lowest BCUT2D eigenvalue weighted by Gasteiger charge is -2.07. The first-order valence-electron chi connectivity index (χ1n) is 7.66. The van der Waals surface area contributed by atoms with Gasteiger partial charge in [0.25, 0.3) is 0 Å². The highest BCUT2D eigenvalue weighted by molar-refractivity contribution is 6.15. The first-order chi connectivity index (χ1) is 12.1. The third-order valence-electron chi connectivity index (χ3n) is 4.04. The molecule has 0 bridgehead atoms. The minimum absolute atomic E-state index is 0.0956. The van der Waals surface area contributed by atoms with Crippen molar-refractivity contribution in [3.63, 3.8) is 0 Å². The highest BCUT2D eigenvalue weighted by atomic mass is 16.4. The van der Waals surface area contributed by atoms with E-state index in [4.69, 9.17) is 0 Å². The number of aromatic carboxylic acids is 1. The molecule has 0 spiro atoms. The molecule has 120 valence electrons. The van der Waals surface area contributed by atoms with E-state index in [1.54, 1.807) is 36.5 Å². The number of carboxylic acid groups (broad SMARTS) is 1. The Morgan fingerprint density at radius 1 is 0.800 bits per heavy atom. The van der Waals surface area contributed by atoms with E-state index in [1.807, 2.05) is 24.3 Å². The molecule has 2 aromatic carbocycles. The highest BCUT2D eigenvalue weighted by Gasteiger charge is 2.19. The van der Waals surface area contributed by atoms with E-state index in [2.05, 4.69) is 9.97 Å². The summed E-state index contributed by atoms with van der Waals surface area (Å²) in [6, 6.07) is 17.8. The molecule has 4 aromatic rings. The van der Waals surface area contributed by atoms with Crippen LogP contribution in [0.25, 0.3) is 21.5 Å². The molecule has 4 rings (SSSR count). The Kier molecular flexibility index (Phi) is 3.47. The molecule has 0 fully saturated rings. The molecule has 0 aliphatic heterocycles. The van der Waals surface area contributed by atoms with Crippen molar-refractivity contribution in [1.82, 2.24) is 9.97 Å². The van der Waals surface area contributed by atoms with Crippen molar-refractivity contribution in [2.24, 2.45) is 0 Å². The van der Waals surface area contributed by atoms with Crippen LogP contribution in [-0.4, -0.2) is 26.8 Å². The lowest BCUT2D eigenvalue weighted by atomic mass is 10.0. The summed E-state index contributed by atoms with van der Waals surface area (Å²) >= 11 is 0. The van der Waals surface area contributed by atoms with Gasteiger partial charge in [-0.2, -0.15) is 0 Å². The first-order valence-corrected chi connectivity index (χ1v) is 7.66. The summed E-state index contributed by atoms with van der Waals surface area (Å²) < 4.78 is 0. The van der Waals surface area contributed by atoms with Gasteiger partial charge in [0, 0.05) is 17.0 Å². The van der Waals surface area contributed by atoms with Gasteiger partial charge in [-0.3, -0.25) is 9.78 Å². The second-order valence-electron chi connectivity index (χ2n) is 5.63. The van der Waals surface area contributed by atoms with Crippen LogP contribution in [0.1, 0.15) is 26.7 Å². The molecule has 1 N–H and O–H groups in total. The number of carbonyl (C=O) groups is 2. The molecule has 0 atom stereocenters. The van der Waals surface area contributed by atoms with Crippen molar-refractivity contribution in [2.45, 2.75) is 0 Å². The van der Waals surface area contributed by atoms with E-state index in [0.717, 1.165) is 10.8 Å². The van der Waals surface area contributed by atoms with Gasteiger partial charge in [-0.05, 0) is 22.9 Å². The zero-order valence-corrected chi connectivity index (χ0v) is 13.0. The van der Waals surface area contributed by atoms with Crippen LogP contribution in [0.4, 0.5) is 0 Å². The van der Waals surface area contributed by atoms with Crippen LogP contribution in [-0.2, 0) is 0 Å². The number of rotatable bonds is 3. The SMILES string of the molecule is O=C(O)c1cc2ccccc2c(C(=O)c2cc3ccccc3cn2)n1. The smallest absolute Gasteiger partial charge is 0.354 e. The summed E-state index contributed by atoms with van der Waals surface area (Å²) in [5.74, 6) is -1.57. The lowest BCUT2D eigenvalue weighted by molar-refractivity contribution is 0.0690. The van der Waals surface area contributed by atoms with Gasteiger partial charge < -0.3 is 5.11 Å². The zero-order valence-electron chi connectivity index (χ0n) is 13.0. The molecule has 2 aromatic heterocycles. The number of carboxylic acids is 1. The molecule has 5 nitrogen and oxygen atoms in total. The molecule has 25 heavy (non-hydrogen) atoms. The predicted octanol–water partition coefficient (Wildman–Crippen LogP) is 3.71. The van der Waals surface area contributed by atoms with Crippen molar-refractivity contribution in [3.8, 4) is 0 Å². The number of hydrogen-bond donors (Lipinski definition) is 1. The minimum Gasteiger partial charge on any atom is -0.477 e. The fourth-order valence-corrected chi connectivity index (χ4v) is 2.81. The number of aromatic nitrogens is 2. The van der Waals surface area contributed by atoms with Crippen LogP contribution in [0.3, 0.4) is 0 Å². The van der Waals surface area contributed by atoms with Gasteiger partial charge in [-0.25, -0.2) is 9.78 Å². The number of pyridine rings is 2. The molecular formula is C20H12N2O3. The normalized spacial score (nSPS) is 10.9. The highest BCUT2D eigenvalue weighted by Crippen LogP contribution is 2.22. The van der Waals surface area contributed by atoms with E-state index < -0.39 is 11.8 Å². The summed E-state index contributed by atoms with van der Waals surface area (Å²) in [5.41, 5.74) is 0.167. The Bertz CT molecular complexity index is 1150. The molecule has 0 aliphatic carbocycles. The Morgan fingerprint density at radius 3 is 2.20 bits per heavy atom. The number of ketones is 1. The van der Waals surface area contributed by atoms with E-state index in [-0.39, 0.29) is 17.1 Å². The fourth-order valence-electron chi connectivity index (χ4n) is 2.81. The molecule has 0 aliphatic rings. The van der Waals surface area contributed by atoms with Crippen molar-refractivity contribution >= 4 is 33.3 Å². The average molecular weight is 328 g/mol. The average Bonchev–Trinajstić information content (AvgIpc) is 2.66. The fraction of sp³-hybridized carbons (Fsp3) is 0. The van der Waals surface area contributed by atoms with Gasteiger partial charge in [-0.1, -0.05) is 48.5 Å². The second-order valence-corrected chi connectivity index (χ2v) is 5.63. The Labute approximate surface area is 142 Å². The van der Waals surface area contributed by atoms with Crippen molar-refractivity contribution in [1.29, 1.82) is 0 Å². The Balaban J connectivity index is 1.92. The molecular weight excluding hydrogens is 316 g/mol. The number of fused-ring (bicyclic) bond motifs is 2. The van der Waals surface area contributed by atoms with Gasteiger partial charge in [-0.15, -0.1) is 0 Å². The van der Waals surface area contributed by atoms with Crippen LogP contribution in [0.2, 0.25) is 0 Å². The van der Waals surface area contributed by atoms with E-state index in [0.29, 0.717) is 10.8 Å². The topological polar surface area (TPSA) is 80.1 Å². The minimum atomic E-state index is -1.17. The van der Waals surface area contributed by atoms with Gasteiger partial charge in [0.05, 0.1) is 0 Å². The summed E-state index contributed by atoms with van der Waals surface area (Å²) in [6.07, 6.45) is 1.63. The number of benzene rings is 2. The van der Waals surface area contributed by atoms with E-state index >= 15 is 0 Å². The molecule has 5 heteroatoms. The van der Waals surface area contributed by atoms with Gasteiger partial charge in [0.2, 0.25) is 5.78 Å². The maximum atomic E-state index is 13.0. The number of nitrogens with zero attached hydrogens (tertiary/aromatic N) is 2. The van der Waals surface area contributed by atoms with Gasteiger partial charge in [0.1, 0.15) is 17.1 Å². The third kappa shape index (κ3) is 2.61. The summed E-state index contributed by atoms with van der Waals surface area (Å²) in [4.78, 5) is 32.6. The standard InChI is InChI=1S/C20H12N2O3/c23-19(16-9-12-5-1-2-7-14(12)11-21-16)18-15-8-4-3-6-13(15)10-17(22-18)20(24)25/h1-11H,(H,24,25). The maximum absolute atomic E-state index is 13.0. The zero-order chi connectivity index (χ0) is 17.4. The molecule has 2 heterocycles.